The van der Waals surface area contributed by atoms with Crippen molar-refractivity contribution in [3.8, 4) is 17.0 Å². The maximum Gasteiger partial charge on any atom is 0.122 e. The van der Waals surface area contributed by atoms with E-state index in [9.17, 15) is 0 Å². The fourth-order valence-electron chi connectivity index (χ4n) is 2.38. The Morgan fingerprint density at radius 3 is 3.17 bits per heavy atom. The minimum Gasteiger partial charge on any atom is -0.493 e. The van der Waals surface area contributed by atoms with Crippen LogP contribution in [0.15, 0.2) is 24.4 Å². The van der Waals surface area contributed by atoms with Gasteiger partial charge in [-0.15, -0.1) is 0 Å². The molecular weight excluding hydrogens is 226 g/mol. The maximum atomic E-state index is 5.53. The van der Waals surface area contributed by atoms with Crippen LogP contribution in [-0.2, 0) is 20.0 Å². The number of nitrogens with zero attached hydrogens (tertiary/aromatic N) is 2. The number of imidazole rings is 1. The van der Waals surface area contributed by atoms with E-state index in [0.29, 0.717) is 0 Å². The summed E-state index contributed by atoms with van der Waals surface area (Å²) in [6.45, 7) is 1.58. The van der Waals surface area contributed by atoms with Crippen molar-refractivity contribution < 1.29 is 4.74 Å². The number of fused-ring (bicyclic) bond motifs is 1. The molecule has 1 N–H and O–H groups in total. The second-order valence-electron chi connectivity index (χ2n) is 4.57. The largest absolute Gasteiger partial charge is 0.493 e. The van der Waals surface area contributed by atoms with Gasteiger partial charge in [-0.1, -0.05) is 0 Å². The van der Waals surface area contributed by atoms with Crippen LogP contribution in [0.2, 0.25) is 0 Å². The van der Waals surface area contributed by atoms with Crippen molar-refractivity contribution in [3.05, 3.63) is 35.8 Å². The lowest BCUT2D eigenvalue weighted by Gasteiger charge is -2.07. The summed E-state index contributed by atoms with van der Waals surface area (Å²) in [5.74, 6) is 2.07. The van der Waals surface area contributed by atoms with Crippen molar-refractivity contribution in [1.82, 2.24) is 14.9 Å². The van der Waals surface area contributed by atoms with Gasteiger partial charge in [0.25, 0.3) is 0 Å². The van der Waals surface area contributed by atoms with Crippen LogP contribution in [0.1, 0.15) is 11.4 Å². The van der Waals surface area contributed by atoms with Crippen LogP contribution in [-0.4, -0.2) is 23.2 Å². The summed E-state index contributed by atoms with van der Waals surface area (Å²) < 4.78 is 7.66. The van der Waals surface area contributed by atoms with Crippen LogP contribution in [0, 0.1) is 0 Å². The van der Waals surface area contributed by atoms with Gasteiger partial charge in [-0.05, 0) is 30.8 Å². The van der Waals surface area contributed by atoms with Gasteiger partial charge in [0.05, 0.1) is 25.0 Å². The minimum atomic E-state index is 0.782. The monoisotopic (exact) mass is 243 g/mol. The topological polar surface area (TPSA) is 39.1 Å². The molecular formula is C14H17N3O. The Morgan fingerprint density at radius 1 is 1.44 bits per heavy atom. The van der Waals surface area contributed by atoms with Crippen LogP contribution in [0.25, 0.3) is 11.3 Å². The van der Waals surface area contributed by atoms with Crippen molar-refractivity contribution in [2.45, 2.75) is 13.0 Å². The van der Waals surface area contributed by atoms with E-state index in [1.54, 1.807) is 0 Å². The van der Waals surface area contributed by atoms with E-state index in [0.717, 1.165) is 36.8 Å². The summed E-state index contributed by atoms with van der Waals surface area (Å²) in [6.07, 6.45) is 2.94. The van der Waals surface area contributed by atoms with Gasteiger partial charge in [0, 0.05) is 19.0 Å². The van der Waals surface area contributed by atoms with Crippen molar-refractivity contribution >= 4 is 0 Å². The molecule has 0 spiro atoms. The molecule has 18 heavy (non-hydrogen) atoms. The van der Waals surface area contributed by atoms with Gasteiger partial charge in [-0.3, -0.25) is 0 Å². The lowest BCUT2D eigenvalue weighted by atomic mass is 10.1. The number of aromatic nitrogens is 2. The molecule has 0 unspecified atom stereocenters. The number of hydrogen-bond acceptors (Lipinski definition) is 3. The molecule has 3 rings (SSSR count). The number of benzene rings is 1. The van der Waals surface area contributed by atoms with Crippen molar-refractivity contribution in [3.63, 3.8) is 0 Å². The van der Waals surface area contributed by atoms with E-state index in [4.69, 9.17) is 4.74 Å². The number of hydrogen-bond donors (Lipinski definition) is 1. The van der Waals surface area contributed by atoms with E-state index in [1.807, 2.05) is 13.2 Å². The molecule has 0 bridgehead atoms. The van der Waals surface area contributed by atoms with E-state index >= 15 is 0 Å². The zero-order valence-electron chi connectivity index (χ0n) is 10.7. The first-order valence-electron chi connectivity index (χ1n) is 6.21. The Labute approximate surface area is 107 Å². The first-order chi connectivity index (χ1) is 8.79. The molecule has 2 heterocycles. The summed E-state index contributed by atoms with van der Waals surface area (Å²) in [6, 6.07) is 6.37. The van der Waals surface area contributed by atoms with Gasteiger partial charge >= 0.3 is 0 Å². The van der Waals surface area contributed by atoms with E-state index in [1.165, 1.54) is 11.1 Å². The molecule has 0 saturated carbocycles. The summed E-state index contributed by atoms with van der Waals surface area (Å²) >= 11 is 0. The number of ether oxygens (including phenoxy) is 1. The molecule has 4 heteroatoms. The molecule has 0 atom stereocenters. The quantitative estimate of drug-likeness (QED) is 0.892. The van der Waals surface area contributed by atoms with E-state index in [2.05, 4.69) is 40.1 Å². The molecule has 94 valence electrons. The summed E-state index contributed by atoms with van der Waals surface area (Å²) in [7, 11) is 3.99. The summed E-state index contributed by atoms with van der Waals surface area (Å²) in [4.78, 5) is 4.44. The van der Waals surface area contributed by atoms with Crippen LogP contribution < -0.4 is 10.1 Å². The zero-order chi connectivity index (χ0) is 12.5. The third kappa shape index (κ3) is 1.78. The third-order valence-corrected chi connectivity index (χ3v) is 3.40. The summed E-state index contributed by atoms with van der Waals surface area (Å²) in [5.41, 5.74) is 3.65. The Kier molecular flexibility index (Phi) is 2.80. The Bertz CT molecular complexity index is 574. The van der Waals surface area contributed by atoms with Crippen LogP contribution in [0.4, 0.5) is 0 Å². The third-order valence-electron chi connectivity index (χ3n) is 3.40. The predicted molar refractivity (Wildman–Crippen MR) is 70.6 cm³/mol. The molecule has 0 radical (unpaired) electrons. The molecule has 2 aromatic rings. The highest BCUT2D eigenvalue weighted by Gasteiger charge is 2.14. The van der Waals surface area contributed by atoms with Gasteiger partial charge in [0.1, 0.15) is 11.6 Å². The highest BCUT2D eigenvalue weighted by molar-refractivity contribution is 5.63. The molecule has 1 aliphatic rings. The Morgan fingerprint density at radius 2 is 2.33 bits per heavy atom. The fourth-order valence-corrected chi connectivity index (χ4v) is 2.38. The van der Waals surface area contributed by atoms with Gasteiger partial charge < -0.3 is 14.6 Å². The fraction of sp³-hybridized carbons (Fsp3) is 0.357. The van der Waals surface area contributed by atoms with Crippen molar-refractivity contribution in [2.75, 3.05) is 13.7 Å². The second-order valence-corrected chi connectivity index (χ2v) is 4.57. The zero-order valence-corrected chi connectivity index (χ0v) is 10.7. The first kappa shape index (κ1) is 11.3. The van der Waals surface area contributed by atoms with Crippen LogP contribution in [0.3, 0.4) is 0 Å². The standard InChI is InChI=1S/C14H17N3O/c1-15-9-14-16-8-12(17(14)2)10-3-4-13-11(7-10)5-6-18-13/h3-4,7-8,15H,5-6,9H2,1-2H3. The van der Waals surface area contributed by atoms with Crippen molar-refractivity contribution in [2.24, 2.45) is 7.05 Å². The lowest BCUT2D eigenvalue weighted by molar-refractivity contribution is 0.357. The number of nitrogens with one attached hydrogen (secondary N) is 1. The number of rotatable bonds is 3. The molecule has 0 aliphatic carbocycles. The van der Waals surface area contributed by atoms with Crippen LogP contribution >= 0.6 is 0 Å². The molecule has 0 saturated heterocycles. The van der Waals surface area contributed by atoms with Gasteiger partial charge in [0.2, 0.25) is 0 Å². The molecule has 1 aliphatic heterocycles. The Hall–Kier alpha value is -1.81. The molecule has 0 fully saturated rings. The molecule has 0 amide bonds. The normalized spacial score (nSPS) is 13.4. The highest BCUT2D eigenvalue weighted by Crippen LogP contribution is 2.30. The van der Waals surface area contributed by atoms with Gasteiger partial charge in [-0.25, -0.2) is 4.98 Å². The van der Waals surface area contributed by atoms with Gasteiger partial charge in [0.15, 0.2) is 0 Å². The molecule has 1 aromatic carbocycles. The second kappa shape index (κ2) is 4.46. The lowest BCUT2D eigenvalue weighted by Crippen LogP contribution is -2.10. The highest BCUT2D eigenvalue weighted by atomic mass is 16.5. The molecule has 4 nitrogen and oxygen atoms in total. The Balaban J connectivity index is 1.99. The van der Waals surface area contributed by atoms with Crippen molar-refractivity contribution in [1.29, 1.82) is 0 Å². The summed E-state index contributed by atoms with van der Waals surface area (Å²) in [5, 5.41) is 3.13. The van der Waals surface area contributed by atoms with Gasteiger partial charge in [-0.2, -0.15) is 0 Å². The maximum absolute atomic E-state index is 5.53. The minimum absolute atomic E-state index is 0.782. The predicted octanol–water partition coefficient (Wildman–Crippen LogP) is 1.74. The average Bonchev–Trinajstić information content (AvgIpc) is 2.97. The smallest absolute Gasteiger partial charge is 0.122 e. The average molecular weight is 243 g/mol. The first-order valence-corrected chi connectivity index (χ1v) is 6.21. The SMILES string of the molecule is CNCc1ncc(-c2ccc3c(c2)CCO3)n1C. The molecule has 1 aromatic heterocycles. The van der Waals surface area contributed by atoms with E-state index in [-0.39, 0.29) is 0 Å². The van der Waals surface area contributed by atoms with E-state index < -0.39 is 0 Å². The van der Waals surface area contributed by atoms with Crippen LogP contribution in [0.5, 0.6) is 5.75 Å².